The Morgan fingerprint density at radius 3 is 2.54 bits per heavy atom. The standard InChI is InChI=1S/C11H21NS/c1-10(2)8-4-5-11(10,7-13-3)9(12)6-8/h8-9H,4-7,12H2,1-3H3/t8-,9-,11-/m1/s1. The van der Waals surface area contributed by atoms with Crippen molar-refractivity contribution in [2.24, 2.45) is 22.5 Å². The summed E-state index contributed by atoms with van der Waals surface area (Å²) >= 11 is 1.98. The van der Waals surface area contributed by atoms with Crippen molar-refractivity contribution in [2.75, 3.05) is 12.0 Å². The van der Waals surface area contributed by atoms with Gasteiger partial charge in [-0.1, -0.05) is 13.8 Å². The topological polar surface area (TPSA) is 26.0 Å². The van der Waals surface area contributed by atoms with E-state index in [4.69, 9.17) is 5.73 Å². The number of hydrogen-bond acceptors (Lipinski definition) is 2. The molecule has 2 bridgehead atoms. The molecule has 2 rings (SSSR count). The first-order chi connectivity index (χ1) is 6.04. The molecule has 2 aliphatic rings. The molecule has 0 saturated heterocycles. The van der Waals surface area contributed by atoms with E-state index in [0.717, 1.165) is 5.92 Å². The Hall–Kier alpha value is 0.310. The van der Waals surface area contributed by atoms with E-state index in [9.17, 15) is 0 Å². The average Bonchev–Trinajstić information content (AvgIpc) is 2.38. The van der Waals surface area contributed by atoms with E-state index in [2.05, 4.69) is 20.1 Å². The van der Waals surface area contributed by atoms with Crippen LogP contribution in [0, 0.1) is 16.7 Å². The Balaban J connectivity index is 2.31. The fraction of sp³-hybridized carbons (Fsp3) is 1.00. The summed E-state index contributed by atoms with van der Waals surface area (Å²) < 4.78 is 0. The van der Waals surface area contributed by atoms with Crippen molar-refractivity contribution >= 4 is 11.8 Å². The maximum Gasteiger partial charge on any atom is 0.0111 e. The van der Waals surface area contributed by atoms with Gasteiger partial charge in [-0.05, 0) is 42.3 Å². The lowest BCUT2D eigenvalue weighted by Crippen LogP contribution is -2.45. The van der Waals surface area contributed by atoms with Gasteiger partial charge in [0.2, 0.25) is 0 Å². The van der Waals surface area contributed by atoms with E-state index in [1.165, 1.54) is 25.0 Å². The van der Waals surface area contributed by atoms with Crippen molar-refractivity contribution in [3.8, 4) is 0 Å². The smallest absolute Gasteiger partial charge is 0.0111 e. The minimum Gasteiger partial charge on any atom is -0.327 e. The monoisotopic (exact) mass is 199 g/mol. The largest absolute Gasteiger partial charge is 0.327 e. The molecule has 0 aromatic heterocycles. The highest BCUT2D eigenvalue weighted by Crippen LogP contribution is 2.65. The van der Waals surface area contributed by atoms with E-state index in [1.807, 2.05) is 11.8 Å². The quantitative estimate of drug-likeness (QED) is 0.739. The Kier molecular flexibility index (Phi) is 2.20. The molecule has 3 atom stereocenters. The average molecular weight is 199 g/mol. The number of thioether (sulfide) groups is 1. The SMILES string of the molecule is CSC[C@]12CC[C@H](C[C@H]1N)C2(C)C. The summed E-state index contributed by atoms with van der Waals surface area (Å²) in [7, 11) is 0. The summed E-state index contributed by atoms with van der Waals surface area (Å²) in [5.74, 6) is 2.16. The van der Waals surface area contributed by atoms with Gasteiger partial charge in [-0.15, -0.1) is 0 Å². The maximum absolute atomic E-state index is 6.30. The van der Waals surface area contributed by atoms with Crippen LogP contribution in [0.4, 0.5) is 0 Å². The Bertz CT molecular complexity index is 214. The third-order valence-corrected chi connectivity index (χ3v) is 5.70. The molecule has 2 saturated carbocycles. The highest BCUT2D eigenvalue weighted by molar-refractivity contribution is 7.98. The number of rotatable bonds is 2. The zero-order chi connectivity index (χ0) is 9.69. The van der Waals surface area contributed by atoms with Gasteiger partial charge in [0, 0.05) is 11.8 Å². The molecular weight excluding hydrogens is 178 g/mol. The highest BCUT2D eigenvalue weighted by Gasteiger charge is 2.62. The van der Waals surface area contributed by atoms with Crippen LogP contribution in [-0.4, -0.2) is 18.1 Å². The van der Waals surface area contributed by atoms with Crippen LogP contribution >= 0.6 is 11.8 Å². The first-order valence-corrected chi connectivity index (χ1v) is 6.68. The predicted molar refractivity (Wildman–Crippen MR) is 59.9 cm³/mol. The number of fused-ring (bicyclic) bond motifs is 2. The van der Waals surface area contributed by atoms with Crippen molar-refractivity contribution in [3.05, 3.63) is 0 Å². The number of hydrogen-bond donors (Lipinski definition) is 1. The van der Waals surface area contributed by atoms with Crippen LogP contribution in [0.1, 0.15) is 33.1 Å². The second kappa shape index (κ2) is 2.90. The minimum atomic E-state index is 0.455. The zero-order valence-corrected chi connectivity index (χ0v) is 9.79. The molecule has 2 fully saturated rings. The van der Waals surface area contributed by atoms with E-state index in [-0.39, 0.29) is 0 Å². The van der Waals surface area contributed by atoms with Crippen molar-refractivity contribution in [2.45, 2.75) is 39.2 Å². The highest BCUT2D eigenvalue weighted by atomic mass is 32.2. The Labute approximate surface area is 85.8 Å². The predicted octanol–water partition coefficient (Wildman–Crippen LogP) is 2.50. The molecule has 2 aliphatic carbocycles. The van der Waals surface area contributed by atoms with Gasteiger partial charge in [0.15, 0.2) is 0 Å². The van der Waals surface area contributed by atoms with Crippen molar-refractivity contribution in [3.63, 3.8) is 0 Å². The molecule has 13 heavy (non-hydrogen) atoms. The molecule has 0 aliphatic heterocycles. The van der Waals surface area contributed by atoms with Crippen molar-refractivity contribution in [1.82, 2.24) is 0 Å². The van der Waals surface area contributed by atoms with Gasteiger partial charge in [-0.25, -0.2) is 0 Å². The fourth-order valence-corrected chi connectivity index (χ4v) is 5.00. The number of nitrogens with two attached hydrogens (primary N) is 1. The van der Waals surface area contributed by atoms with E-state index in [0.29, 0.717) is 16.9 Å². The summed E-state index contributed by atoms with van der Waals surface area (Å²) in [5.41, 5.74) is 7.25. The van der Waals surface area contributed by atoms with Crippen LogP contribution in [0.15, 0.2) is 0 Å². The van der Waals surface area contributed by atoms with Crippen LogP contribution < -0.4 is 5.73 Å². The maximum atomic E-state index is 6.30. The van der Waals surface area contributed by atoms with Gasteiger partial charge >= 0.3 is 0 Å². The third-order valence-electron chi connectivity index (χ3n) is 4.89. The van der Waals surface area contributed by atoms with E-state index in [1.54, 1.807) is 0 Å². The lowest BCUT2D eigenvalue weighted by atomic mass is 9.69. The molecule has 1 nitrogen and oxygen atoms in total. The van der Waals surface area contributed by atoms with Gasteiger partial charge in [0.05, 0.1) is 0 Å². The summed E-state index contributed by atoms with van der Waals surface area (Å²) in [5, 5.41) is 0. The molecule has 0 aromatic carbocycles. The molecule has 2 N–H and O–H groups in total. The first-order valence-electron chi connectivity index (χ1n) is 5.29. The molecule has 0 radical (unpaired) electrons. The lowest BCUT2D eigenvalue weighted by Gasteiger charge is -2.40. The Morgan fingerprint density at radius 2 is 2.15 bits per heavy atom. The summed E-state index contributed by atoms with van der Waals surface area (Å²) in [6.07, 6.45) is 6.27. The summed E-state index contributed by atoms with van der Waals surface area (Å²) in [6.45, 7) is 4.88. The summed E-state index contributed by atoms with van der Waals surface area (Å²) in [6, 6.07) is 0.466. The second-order valence-corrected chi connectivity index (χ2v) is 6.25. The molecule has 2 heteroatoms. The van der Waals surface area contributed by atoms with Crippen molar-refractivity contribution < 1.29 is 0 Å². The van der Waals surface area contributed by atoms with Crippen molar-refractivity contribution in [1.29, 1.82) is 0 Å². The normalized spacial score (nSPS) is 47.1. The third kappa shape index (κ3) is 1.05. The van der Waals surface area contributed by atoms with Crippen LogP contribution in [0.25, 0.3) is 0 Å². The van der Waals surface area contributed by atoms with Crippen LogP contribution in [0.3, 0.4) is 0 Å². The zero-order valence-electron chi connectivity index (χ0n) is 8.97. The minimum absolute atomic E-state index is 0.455. The molecule has 0 aromatic rings. The molecule has 0 spiro atoms. The van der Waals surface area contributed by atoms with E-state index >= 15 is 0 Å². The van der Waals surface area contributed by atoms with Crippen LogP contribution in [0.2, 0.25) is 0 Å². The molecule has 76 valence electrons. The van der Waals surface area contributed by atoms with E-state index < -0.39 is 0 Å². The lowest BCUT2D eigenvalue weighted by molar-refractivity contribution is 0.142. The van der Waals surface area contributed by atoms with Crippen LogP contribution in [0.5, 0.6) is 0 Å². The molecule has 0 amide bonds. The van der Waals surface area contributed by atoms with Gasteiger partial charge < -0.3 is 5.73 Å². The molecule has 0 heterocycles. The second-order valence-electron chi connectivity index (χ2n) is 5.39. The molecular formula is C11H21NS. The Morgan fingerprint density at radius 1 is 1.46 bits per heavy atom. The molecule has 0 unspecified atom stereocenters. The van der Waals surface area contributed by atoms with Gasteiger partial charge in [0.25, 0.3) is 0 Å². The van der Waals surface area contributed by atoms with Crippen LogP contribution in [-0.2, 0) is 0 Å². The summed E-state index contributed by atoms with van der Waals surface area (Å²) in [4.78, 5) is 0. The van der Waals surface area contributed by atoms with Gasteiger partial charge in [-0.2, -0.15) is 11.8 Å². The van der Waals surface area contributed by atoms with Gasteiger partial charge in [0.1, 0.15) is 0 Å². The first kappa shape index (κ1) is 9.85. The fourth-order valence-electron chi connectivity index (χ4n) is 3.75. The van der Waals surface area contributed by atoms with Gasteiger partial charge in [-0.3, -0.25) is 0 Å².